The van der Waals surface area contributed by atoms with Gasteiger partial charge in [-0.2, -0.15) is 23.5 Å². The van der Waals surface area contributed by atoms with Gasteiger partial charge in [0.05, 0.1) is 5.69 Å². The molecule has 0 aliphatic carbocycles. The van der Waals surface area contributed by atoms with Crippen molar-refractivity contribution in [1.82, 2.24) is 4.98 Å². The van der Waals surface area contributed by atoms with Gasteiger partial charge in [0.2, 0.25) is 0 Å². The zero-order valence-corrected chi connectivity index (χ0v) is 10.6. The second-order valence-corrected chi connectivity index (χ2v) is 6.18. The molecule has 2 heterocycles. The normalized spacial score (nSPS) is 20.6. The Kier molecular flexibility index (Phi) is 4.06. The Morgan fingerprint density at radius 2 is 2.25 bits per heavy atom. The van der Waals surface area contributed by atoms with Crippen molar-refractivity contribution in [3.05, 3.63) is 12.1 Å². The summed E-state index contributed by atoms with van der Waals surface area (Å²) in [7, 11) is 0. The van der Waals surface area contributed by atoms with Crippen LogP contribution in [0.15, 0.2) is 12.1 Å². The highest BCUT2D eigenvalue weighted by atomic mass is 32.2. The van der Waals surface area contributed by atoms with Crippen molar-refractivity contribution in [3.63, 3.8) is 0 Å². The van der Waals surface area contributed by atoms with Crippen LogP contribution in [0.4, 0.5) is 17.3 Å². The van der Waals surface area contributed by atoms with Crippen LogP contribution in [0, 0.1) is 0 Å². The Hall–Kier alpha value is -0.750. The molecule has 0 amide bonds. The Balaban J connectivity index is 1.86. The lowest BCUT2D eigenvalue weighted by molar-refractivity contribution is 0.994. The summed E-state index contributed by atoms with van der Waals surface area (Å²) in [4.78, 5) is 4.18. The van der Waals surface area contributed by atoms with E-state index < -0.39 is 0 Å². The summed E-state index contributed by atoms with van der Waals surface area (Å²) in [6.45, 7) is 0.939. The number of nitrogens with one attached hydrogen (secondary N) is 1. The van der Waals surface area contributed by atoms with E-state index in [4.69, 9.17) is 11.5 Å². The predicted molar refractivity (Wildman–Crippen MR) is 75.1 cm³/mol. The molecule has 16 heavy (non-hydrogen) atoms. The molecule has 0 spiro atoms. The molecule has 2 rings (SSSR count). The van der Waals surface area contributed by atoms with Gasteiger partial charge in [0.1, 0.15) is 11.6 Å². The molecule has 1 fully saturated rings. The van der Waals surface area contributed by atoms with Gasteiger partial charge in [-0.15, -0.1) is 0 Å². The van der Waals surface area contributed by atoms with E-state index in [-0.39, 0.29) is 0 Å². The summed E-state index contributed by atoms with van der Waals surface area (Å²) in [6.07, 6.45) is 0. The minimum atomic E-state index is 0.399. The van der Waals surface area contributed by atoms with Gasteiger partial charge < -0.3 is 16.8 Å². The average Bonchev–Trinajstić information content (AvgIpc) is 2.32. The zero-order chi connectivity index (χ0) is 11.4. The van der Waals surface area contributed by atoms with E-state index in [0.29, 0.717) is 16.8 Å². The van der Waals surface area contributed by atoms with Crippen molar-refractivity contribution in [2.24, 2.45) is 0 Å². The number of nitrogen functional groups attached to an aromatic ring is 2. The molecule has 1 aliphatic heterocycles. The number of pyridine rings is 1. The lowest BCUT2D eigenvalue weighted by atomic mass is 10.3. The summed E-state index contributed by atoms with van der Waals surface area (Å²) in [5.41, 5.74) is 11.8. The first-order valence-electron chi connectivity index (χ1n) is 5.21. The standard InChI is InChI=1S/C10H16N4S2/c11-8-1-2-9(14-10(8)12)13-5-7-6-15-3-4-16-7/h1-2,7H,3-6,11H2,(H3,12,13,14). The number of nitrogens with two attached hydrogens (primary N) is 2. The van der Waals surface area contributed by atoms with Crippen molar-refractivity contribution >= 4 is 40.8 Å². The van der Waals surface area contributed by atoms with Crippen LogP contribution in [0.3, 0.4) is 0 Å². The molecular formula is C10H16N4S2. The van der Waals surface area contributed by atoms with E-state index in [1.54, 1.807) is 6.07 Å². The largest absolute Gasteiger partial charge is 0.396 e. The fraction of sp³-hybridized carbons (Fsp3) is 0.500. The Labute approximate surface area is 104 Å². The third kappa shape index (κ3) is 3.12. The van der Waals surface area contributed by atoms with Crippen LogP contribution in [-0.2, 0) is 0 Å². The van der Waals surface area contributed by atoms with Gasteiger partial charge in [-0.1, -0.05) is 0 Å². The first-order chi connectivity index (χ1) is 7.75. The van der Waals surface area contributed by atoms with Crippen LogP contribution >= 0.6 is 23.5 Å². The van der Waals surface area contributed by atoms with Gasteiger partial charge in [-0.3, -0.25) is 0 Å². The molecule has 1 unspecified atom stereocenters. The van der Waals surface area contributed by atoms with Crippen LogP contribution in [-0.4, -0.2) is 34.0 Å². The van der Waals surface area contributed by atoms with E-state index in [2.05, 4.69) is 10.3 Å². The van der Waals surface area contributed by atoms with Gasteiger partial charge in [-0.25, -0.2) is 4.98 Å². The van der Waals surface area contributed by atoms with Gasteiger partial charge >= 0.3 is 0 Å². The number of rotatable bonds is 3. The van der Waals surface area contributed by atoms with Crippen LogP contribution in [0.1, 0.15) is 0 Å². The topological polar surface area (TPSA) is 77.0 Å². The number of hydrogen-bond donors (Lipinski definition) is 3. The molecule has 0 saturated carbocycles. The Morgan fingerprint density at radius 3 is 2.94 bits per heavy atom. The van der Waals surface area contributed by atoms with Crippen LogP contribution in [0.5, 0.6) is 0 Å². The molecule has 88 valence electrons. The highest BCUT2D eigenvalue weighted by molar-refractivity contribution is 8.06. The summed E-state index contributed by atoms with van der Waals surface area (Å²) in [6, 6.07) is 3.65. The van der Waals surface area contributed by atoms with Gasteiger partial charge in [0.15, 0.2) is 0 Å². The maximum atomic E-state index is 5.64. The first-order valence-corrected chi connectivity index (χ1v) is 7.41. The lowest BCUT2D eigenvalue weighted by Crippen LogP contribution is -2.23. The van der Waals surface area contributed by atoms with E-state index in [9.17, 15) is 0 Å². The van der Waals surface area contributed by atoms with Crippen molar-refractivity contribution < 1.29 is 0 Å². The molecule has 1 aromatic heterocycles. The molecule has 4 nitrogen and oxygen atoms in total. The molecule has 5 N–H and O–H groups in total. The highest BCUT2D eigenvalue weighted by Gasteiger charge is 2.13. The summed E-state index contributed by atoms with van der Waals surface area (Å²) in [5, 5.41) is 3.97. The summed E-state index contributed by atoms with van der Waals surface area (Å²) >= 11 is 4.04. The van der Waals surface area contributed by atoms with Crippen molar-refractivity contribution in [1.29, 1.82) is 0 Å². The van der Waals surface area contributed by atoms with E-state index in [1.165, 1.54) is 17.3 Å². The maximum absolute atomic E-state index is 5.64. The molecule has 1 aliphatic rings. The third-order valence-electron chi connectivity index (χ3n) is 2.35. The van der Waals surface area contributed by atoms with Crippen LogP contribution < -0.4 is 16.8 Å². The Bertz CT molecular complexity index is 353. The van der Waals surface area contributed by atoms with Crippen LogP contribution in [0.2, 0.25) is 0 Å². The lowest BCUT2D eigenvalue weighted by Gasteiger charge is -2.21. The van der Waals surface area contributed by atoms with E-state index >= 15 is 0 Å². The number of hydrogen-bond acceptors (Lipinski definition) is 6. The summed E-state index contributed by atoms with van der Waals surface area (Å²) < 4.78 is 0. The monoisotopic (exact) mass is 256 g/mol. The van der Waals surface area contributed by atoms with Crippen molar-refractivity contribution in [2.75, 3.05) is 40.6 Å². The number of thioether (sulfide) groups is 2. The van der Waals surface area contributed by atoms with Crippen molar-refractivity contribution in [3.8, 4) is 0 Å². The SMILES string of the molecule is Nc1ccc(NCC2CSCCS2)nc1N. The summed E-state index contributed by atoms with van der Waals surface area (Å²) in [5.74, 6) is 4.93. The van der Waals surface area contributed by atoms with Crippen LogP contribution in [0.25, 0.3) is 0 Å². The predicted octanol–water partition coefficient (Wildman–Crippen LogP) is 1.51. The Morgan fingerprint density at radius 1 is 1.38 bits per heavy atom. The average molecular weight is 256 g/mol. The fourth-order valence-electron chi connectivity index (χ4n) is 1.46. The molecule has 1 aromatic rings. The molecule has 6 heteroatoms. The smallest absolute Gasteiger partial charge is 0.149 e. The van der Waals surface area contributed by atoms with Gasteiger partial charge in [0, 0.05) is 29.1 Å². The molecular weight excluding hydrogens is 240 g/mol. The van der Waals surface area contributed by atoms with E-state index in [0.717, 1.165) is 12.4 Å². The molecule has 1 saturated heterocycles. The van der Waals surface area contributed by atoms with Crippen molar-refractivity contribution in [2.45, 2.75) is 5.25 Å². The zero-order valence-electron chi connectivity index (χ0n) is 8.98. The molecule has 0 radical (unpaired) electrons. The molecule has 1 atom stereocenters. The number of aromatic nitrogens is 1. The highest BCUT2D eigenvalue weighted by Crippen LogP contribution is 2.24. The molecule has 0 aromatic carbocycles. The minimum absolute atomic E-state index is 0.399. The number of anilines is 3. The second-order valence-electron chi connectivity index (χ2n) is 3.62. The first kappa shape index (κ1) is 11.7. The third-order valence-corrected chi connectivity index (χ3v) is 5.20. The van der Waals surface area contributed by atoms with Gasteiger partial charge in [-0.05, 0) is 12.1 Å². The minimum Gasteiger partial charge on any atom is -0.396 e. The maximum Gasteiger partial charge on any atom is 0.149 e. The molecule has 0 bridgehead atoms. The second kappa shape index (κ2) is 5.54. The van der Waals surface area contributed by atoms with Gasteiger partial charge in [0.25, 0.3) is 0 Å². The quantitative estimate of drug-likeness (QED) is 0.761. The fourth-order valence-corrected chi connectivity index (χ4v) is 4.07. The number of nitrogens with zero attached hydrogens (tertiary/aromatic N) is 1. The van der Waals surface area contributed by atoms with E-state index in [1.807, 2.05) is 29.6 Å².